The molecule has 2 aliphatic rings. The zero-order valence-corrected chi connectivity index (χ0v) is 12.5. The number of piperidine rings is 1. The van der Waals surface area contributed by atoms with E-state index in [4.69, 9.17) is 4.98 Å². The van der Waals surface area contributed by atoms with E-state index in [-0.39, 0.29) is 0 Å². The third-order valence-corrected chi connectivity index (χ3v) is 4.69. The highest BCUT2D eigenvalue weighted by molar-refractivity contribution is 5.43. The molecular formula is C16H26N4. The Bertz CT molecular complexity index is 420. The van der Waals surface area contributed by atoms with Gasteiger partial charge in [0.15, 0.2) is 0 Å². The zero-order chi connectivity index (χ0) is 13.8. The van der Waals surface area contributed by atoms with Gasteiger partial charge in [-0.15, -0.1) is 0 Å². The van der Waals surface area contributed by atoms with Gasteiger partial charge in [0, 0.05) is 25.3 Å². The minimum absolute atomic E-state index is 0.570. The highest BCUT2D eigenvalue weighted by Gasteiger charge is 2.18. The van der Waals surface area contributed by atoms with Crippen LogP contribution in [-0.2, 0) is 0 Å². The Hall–Kier alpha value is -1.32. The molecule has 3 rings (SSSR count). The Labute approximate surface area is 122 Å². The lowest BCUT2D eigenvalue weighted by Gasteiger charge is -2.31. The molecule has 110 valence electrons. The van der Waals surface area contributed by atoms with Gasteiger partial charge < -0.3 is 10.2 Å². The van der Waals surface area contributed by atoms with Gasteiger partial charge in [-0.2, -0.15) is 4.98 Å². The summed E-state index contributed by atoms with van der Waals surface area (Å²) in [5.41, 5.74) is 0. The maximum atomic E-state index is 4.72. The zero-order valence-electron chi connectivity index (χ0n) is 12.5. The SMILES string of the molecule is CC1CCN(c2ccnc(NC3CCCCC3)n2)CC1. The molecule has 4 nitrogen and oxygen atoms in total. The highest BCUT2D eigenvalue weighted by Crippen LogP contribution is 2.23. The Morgan fingerprint density at radius 2 is 1.85 bits per heavy atom. The van der Waals surface area contributed by atoms with Gasteiger partial charge >= 0.3 is 0 Å². The molecule has 2 heterocycles. The summed E-state index contributed by atoms with van der Waals surface area (Å²) >= 11 is 0. The molecule has 1 saturated heterocycles. The van der Waals surface area contributed by atoms with Crippen LogP contribution in [0.2, 0.25) is 0 Å². The normalized spacial score (nSPS) is 21.9. The lowest BCUT2D eigenvalue weighted by molar-refractivity contribution is 0.436. The summed E-state index contributed by atoms with van der Waals surface area (Å²) in [7, 11) is 0. The van der Waals surface area contributed by atoms with Crippen molar-refractivity contribution in [3.63, 3.8) is 0 Å². The Balaban J connectivity index is 1.63. The molecule has 1 aromatic heterocycles. The first kappa shape index (κ1) is 13.7. The summed E-state index contributed by atoms with van der Waals surface area (Å²) in [6, 6.07) is 2.61. The molecule has 0 unspecified atom stereocenters. The molecular weight excluding hydrogens is 248 g/mol. The maximum Gasteiger partial charge on any atom is 0.224 e. The van der Waals surface area contributed by atoms with Crippen LogP contribution < -0.4 is 10.2 Å². The molecule has 0 amide bonds. The van der Waals surface area contributed by atoms with Crippen molar-refractivity contribution in [3.8, 4) is 0 Å². The van der Waals surface area contributed by atoms with E-state index in [1.54, 1.807) is 0 Å². The van der Waals surface area contributed by atoms with E-state index in [1.807, 2.05) is 12.3 Å². The standard InChI is InChI=1S/C16H26N4/c1-13-8-11-20(12-9-13)15-7-10-17-16(19-15)18-14-5-3-2-4-6-14/h7,10,13-14H,2-6,8-9,11-12H2,1H3,(H,17,18,19). The van der Waals surface area contributed by atoms with Crippen molar-refractivity contribution >= 4 is 11.8 Å². The molecule has 1 aromatic rings. The second-order valence-corrected chi connectivity index (χ2v) is 6.39. The number of anilines is 2. The van der Waals surface area contributed by atoms with Crippen molar-refractivity contribution in [3.05, 3.63) is 12.3 Å². The van der Waals surface area contributed by atoms with E-state index in [2.05, 4.69) is 22.1 Å². The fourth-order valence-electron chi connectivity index (χ4n) is 3.26. The van der Waals surface area contributed by atoms with E-state index in [0.717, 1.165) is 30.8 Å². The van der Waals surface area contributed by atoms with Gasteiger partial charge in [0.1, 0.15) is 5.82 Å². The minimum atomic E-state index is 0.570. The van der Waals surface area contributed by atoms with Crippen LogP contribution in [0.1, 0.15) is 51.9 Å². The predicted molar refractivity (Wildman–Crippen MR) is 83.1 cm³/mol. The highest BCUT2D eigenvalue weighted by atomic mass is 15.2. The summed E-state index contributed by atoms with van der Waals surface area (Å²) in [4.78, 5) is 11.5. The first-order chi connectivity index (χ1) is 9.81. The third kappa shape index (κ3) is 3.41. The van der Waals surface area contributed by atoms with Gasteiger partial charge in [-0.25, -0.2) is 4.98 Å². The largest absolute Gasteiger partial charge is 0.356 e. The number of nitrogens with one attached hydrogen (secondary N) is 1. The summed E-state index contributed by atoms with van der Waals surface area (Å²) in [5.74, 6) is 2.76. The van der Waals surface area contributed by atoms with Gasteiger partial charge in [0.05, 0.1) is 0 Å². The Morgan fingerprint density at radius 3 is 2.60 bits per heavy atom. The van der Waals surface area contributed by atoms with Crippen LogP contribution in [0.5, 0.6) is 0 Å². The van der Waals surface area contributed by atoms with Gasteiger partial charge in [-0.3, -0.25) is 0 Å². The third-order valence-electron chi connectivity index (χ3n) is 4.69. The summed E-state index contributed by atoms with van der Waals surface area (Å²) in [5, 5.41) is 3.52. The maximum absolute atomic E-state index is 4.72. The van der Waals surface area contributed by atoms with Crippen molar-refractivity contribution < 1.29 is 0 Å². The van der Waals surface area contributed by atoms with Gasteiger partial charge in [-0.1, -0.05) is 26.2 Å². The number of hydrogen-bond donors (Lipinski definition) is 1. The number of hydrogen-bond acceptors (Lipinski definition) is 4. The smallest absolute Gasteiger partial charge is 0.224 e. The molecule has 1 N–H and O–H groups in total. The van der Waals surface area contributed by atoms with Crippen LogP contribution in [0.3, 0.4) is 0 Å². The number of aromatic nitrogens is 2. The summed E-state index contributed by atoms with van der Waals surface area (Å²) < 4.78 is 0. The Morgan fingerprint density at radius 1 is 1.10 bits per heavy atom. The van der Waals surface area contributed by atoms with Gasteiger partial charge in [0.25, 0.3) is 0 Å². The molecule has 0 radical (unpaired) electrons. The first-order valence-electron chi connectivity index (χ1n) is 8.16. The van der Waals surface area contributed by atoms with E-state index in [1.165, 1.54) is 44.9 Å². The topological polar surface area (TPSA) is 41.1 Å². The van der Waals surface area contributed by atoms with Gasteiger partial charge in [0.2, 0.25) is 5.95 Å². The van der Waals surface area contributed by atoms with Crippen LogP contribution in [0, 0.1) is 5.92 Å². The number of nitrogens with zero attached hydrogens (tertiary/aromatic N) is 3. The molecule has 1 aliphatic carbocycles. The summed E-state index contributed by atoms with van der Waals surface area (Å²) in [6.07, 6.45) is 11.0. The van der Waals surface area contributed by atoms with E-state index in [9.17, 15) is 0 Å². The van der Waals surface area contributed by atoms with Gasteiger partial charge in [-0.05, 0) is 37.7 Å². The predicted octanol–water partition coefficient (Wildman–Crippen LogP) is 3.46. The fourth-order valence-corrected chi connectivity index (χ4v) is 3.26. The Kier molecular flexibility index (Phi) is 4.38. The first-order valence-corrected chi connectivity index (χ1v) is 8.16. The van der Waals surface area contributed by atoms with Crippen molar-refractivity contribution in [2.45, 2.75) is 57.9 Å². The quantitative estimate of drug-likeness (QED) is 0.916. The van der Waals surface area contributed by atoms with Crippen LogP contribution >= 0.6 is 0 Å². The van der Waals surface area contributed by atoms with Crippen molar-refractivity contribution in [2.75, 3.05) is 23.3 Å². The molecule has 20 heavy (non-hydrogen) atoms. The van der Waals surface area contributed by atoms with Crippen LogP contribution in [-0.4, -0.2) is 29.1 Å². The fraction of sp³-hybridized carbons (Fsp3) is 0.750. The van der Waals surface area contributed by atoms with Crippen LogP contribution in [0.4, 0.5) is 11.8 Å². The average molecular weight is 274 g/mol. The second-order valence-electron chi connectivity index (χ2n) is 6.39. The minimum Gasteiger partial charge on any atom is -0.356 e. The lowest BCUT2D eigenvalue weighted by atomic mass is 9.96. The van der Waals surface area contributed by atoms with Crippen LogP contribution in [0.25, 0.3) is 0 Å². The monoisotopic (exact) mass is 274 g/mol. The van der Waals surface area contributed by atoms with E-state index >= 15 is 0 Å². The molecule has 2 fully saturated rings. The molecule has 0 atom stereocenters. The van der Waals surface area contributed by atoms with E-state index in [0.29, 0.717) is 6.04 Å². The molecule has 0 aromatic carbocycles. The second kappa shape index (κ2) is 6.42. The molecule has 0 spiro atoms. The lowest BCUT2D eigenvalue weighted by Crippen LogP contribution is -2.33. The summed E-state index contributed by atoms with van der Waals surface area (Å²) in [6.45, 7) is 4.59. The van der Waals surface area contributed by atoms with Crippen molar-refractivity contribution in [1.29, 1.82) is 0 Å². The van der Waals surface area contributed by atoms with E-state index < -0.39 is 0 Å². The average Bonchev–Trinajstić information content (AvgIpc) is 2.49. The molecule has 1 aliphatic heterocycles. The van der Waals surface area contributed by atoms with Crippen molar-refractivity contribution in [1.82, 2.24) is 9.97 Å². The number of rotatable bonds is 3. The van der Waals surface area contributed by atoms with Crippen molar-refractivity contribution in [2.24, 2.45) is 5.92 Å². The molecule has 0 bridgehead atoms. The molecule has 1 saturated carbocycles. The van der Waals surface area contributed by atoms with Crippen LogP contribution in [0.15, 0.2) is 12.3 Å². The molecule has 4 heteroatoms.